The molecule has 18 heavy (non-hydrogen) atoms. The highest BCUT2D eigenvalue weighted by atomic mass is 32.1. The minimum absolute atomic E-state index is 0.451. The topological polar surface area (TPSA) is 45.4 Å². The van der Waals surface area contributed by atoms with Crippen LogP contribution in [-0.4, -0.2) is 48.5 Å². The third-order valence-corrected chi connectivity index (χ3v) is 5.22. The van der Waals surface area contributed by atoms with E-state index >= 15 is 0 Å². The molecule has 1 atom stereocenters. The van der Waals surface area contributed by atoms with Gasteiger partial charge in [-0.3, -0.25) is 4.90 Å². The zero-order valence-corrected chi connectivity index (χ0v) is 12.0. The van der Waals surface area contributed by atoms with E-state index in [0.717, 1.165) is 19.6 Å². The van der Waals surface area contributed by atoms with E-state index in [1.165, 1.54) is 28.4 Å². The lowest BCUT2D eigenvalue weighted by Gasteiger charge is -2.36. The first kappa shape index (κ1) is 12.5. The molecule has 0 spiro atoms. The second kappa shape index (κ2) is 4.89. The summed E-state index contributed by atoms with van der Waals surface area (Å²) in [5.74, 6) is 0.708. The standard InChI is InChI=1S/C13H22N4S/c1-16-5-6-17(2)10(8-16)13-15-12(9-3-4-9)11(7-14)18-13/h9-10H,3-8,14H2,1-2H3. The first-order valence-electron chi connectivity index (χ1n) is 6.77. The molecule has 100 valence electrons. The van der Waals surface area contributed by atoms with Gasteiger partial charge in [0.05, 0.1) is 11.7 Å². The van der Waals surface area contributed by atoms with E-state index in [0.29, 0.717) is 18.5 Å². The molecule has 1 saturated carbocycles. The predicted molar refractivity (Wildman–Crippen MR) is 74.8 cm³/mol. The van der Waals surface area contributed by atoms with E-state index in [1.54, 1.807) is 0 Å². The number of hydrogen-bond donors (Lipinski definition) is 1. The van der Waals surface area contributed by atoms with Gasteiger partial charge in [-0.1, -0.05) is 0 Å². The first-order valence-corrected chi connectivity index (χ1v) is 7.59. The van der Waals surface area contributed by atoms with Crippen LogP contribution in [0.1, 0.15) is 40.4 Å². The van der Waals surface area contributed by atoms with Crippen LogP contribution < -0.4 is 5.73 Å². The summed E-state index contributed by atoms with van der Waals surface area (Å²) in [4.78, 5) is 11.1. The summed E-state index contributed by atoms with van der Waals surface area (Å²) >= 11 is 1.84. The van der Waals surface area contributed by atoms with Crippen molar-refractivity contribution in [3.63, 3.8) is 0 Å². The molecule has 2 N–H and O–H groups in total. The third-order valence-electron chi connectivity index (χ3n) is 4.03. The first-order chi connectivity index (χ1) is 8.69. The minimum atomic E-state index is 0.451. The molecule has 1 aliphatic carbocycles. The molecule has 1 aromatic rings. The highest BCUT2D eigenvalue weighted by Crippen LogP contribution is 2.43. The highest BCUT2D eigenvalue weighted by Gasteiger charge is 2.32. The van der Waals surface area contributed by atoms with Crippen LogP contribution >= 0.6 is 11.3 Å². The van der Waals surface area contributed by atoms with Crippen molar-refractivity contribution in [3.8, 4) is 0 Å². The summed E-state index contributed by atoms with van der Waals surface area (Å²) in [7, 11) is 4.40. The van der Waals surface area contributed by atoms with E-state index in [1.807, 2.05) is 11.3 Å². The Hall–Kier alpha value is -0.490. The number of nitrogens with zero attached hydrogens (tertiary/aromatic N) is 3. The molecule has 1 aliphatic heterocycles. The molecule has 0 aromatic carbocycles. The molecule has 0 amide bonds. The summed E-state index contributed by atoms with van der Waals surface area (Å²) < 4.78 is 0. The lowest BCUT2D eigenvalue weighted by molar-refractivity contribution is 0.115. The molecule has 1 saturated heterocycles. The molecule has 1 unspecified atom stereocenters. The number of rotatable bonds is 3. The molecule has 4 nitrogen and oxygen atoms in total. The van der Waals surface area contributed by atoms with Gasteiger partial charge in [-0.05, 0) is 26.9 Å². The minimum Gasteiger partial charge on any atom is -0.326 e. The molecule has 3 rings (SSSR count). The van der Waals surface area contributed by atoms with Crippen molar-refractivity contribution in [3.05, 3.63) is 15.6 Å². The summed E-state index contributed by atoms with van der Waals surface area (Å²) in [5, 5.41) is 1.27. The predicted octanol–water partition coefficient (Wildman–Crippen LogP) is 1.40. The van der Waals surface area contributed by atoms with Crippen LogP contribution in [0.15, 0.2) is 0 Å². The number of likely N-dealkylation sites (N-methyl/N-ethyl adjacent to an activating group) is 2. The fourth-order valence-corrected chi connectivity index (χ4v) is 3.81. The van der Waals surface area contributed by atoms with E-state index in [9.17, 15) is 0 Å². The molecule has 5 heteroatoms. The number of thiazole rings is 1. The van der Waals surface area contributed by atoms with Crippen LogP contribution in [0, 0.1) is 0 Å². The molecule has 1 aromatic heterocycles. The molecular weight excluding hydrogens is 244 g/mol. The third kappa shape index (κ3) is 2.32. The van der Waals surface area contributed by atoms with Crippen LogP contribution in [0.25, 0.3) is 0 Å². The van der Waals surface area contributed by atoms with Crippen LogP contribution in [0.4, 0.5) is 0 Å². The monoisotopic (exact) mass is 266 g/mol. The average molecular weight is 266 g/mol. The molecule has 2 aliphatic rings. The van der Waals surface area contributed by atoms with Crippen LogP contribution in [0.3, 0.4) is 0 Å². The number of hydrogen-bond acceptors (Lipinski definition) is 5. The Morgan fingerprint density at radius 2 is 2.11 bits per heavy atom. The van der Waals surface area contributed by atoms with Gasteiger partial charge >= 0.3 is 0 Å². The Bertz CT molecular complexity index is 427. The Morgan fingerprint density at radius 1 is 1.33 bits per heavy atom. The maximum Gasteiger partial charge on any atom is 0.112 e. The van der Waals surface area contributed by atoms with Crippen molar-refractivity contribution in [1.82, 2.24) is 14.8 Å². The van der Waals surface area contributed by atoms with Crippen molar-refractivity contribution >= 4 is 11.3 Å². The van der Waals surface area contributed by atoms with Gasteiger partial charge in [0.25, 0.3) is 0 Å². The Labute approximate surface area is 113 Å². The Kier molecular flexibility index (Phi) is 3.40. The van der Waals surface area contributed by atoms with Gasteiger partial charge in [0.2, 0.25) is 0 Å². The normalized spacial score (nSPS) is 26.7. The smallest absolute Gasteiger partial charge is 0.112 e. The summed E-state index contributed by atoms with van der Waals surface area (Å²) in [5.41, 5.74) is 7.17. The Balaban J connectivity index is 1.86. The fraction of sp³-hybridized carbons (Fsp3) is 0.769. The molecule has 0 bridgehead atoms. The lowest BCUT2D eigenvalue weighted by atomic mass is 10.2. The second-order valence-corrected chi connectivity index (χ2v) is 6.71. The Morgan fingerprint density at radius 3 is 2.78 bits per heavy atom. The van der Waals surface area contributed by atoms with Crippen LogP contribution in [0.5, 0.6) is 0 Å². The summed E-state index contributed by atoms with van der Waals surface area (Å²) in [6.45, 7) is 4.00. The summed E-state index contributed by atoms with van der Waals surface area (Å²) in [6.07, 6.45) is 2.60. The fourth-order valence-electron chi connectivity index (χ4n) is 2.62. The maximum atomic E-state index is 5.87. The van der Waals surface area contributed by atoms with Crippen molar-refractivity contribution in [2.75, 3.05) is 33.7 Å². The van der Waals surface area contributed by atoms with Gasteiger partial charge in [-0.2, -0.15) is 0 Å². The van der Waals surface area contributed by atoms with Gasteiger partial charge in [0.15, 0.2) is 0 Å². The van der Waals surface area contributed by atoms with Crippen molar-refractivity contribution in [2.45, 2.75) is 31.3 Å². The SMILES string of the molecule is CN1CCN(C)C(c2nc(C3CC3)c(CN)s2)C1. The van der Waals surface area contributed by atoms with Gasteiger partial charge in [-0.15, -0.1) is 11.3 Å². The van der Waals surface area contributed by atoms with Gasteiger partial charge in [-0.25, -0.2) is 4.98 Å². The summed E-state index contributed by atoms with van der Waals surface area (Å²) in [6, 6.07) is 0.451. The highest BCUT2D eigenvalue weighted by molar-refractivity contribution is 7.11. The maximum absolute atomic E-state index is 5.87. The van der Waals surface area contributed by atoms with E-state index < -0.39 is 0 Å². The molecule has 2 heterocycles. The van der Waals surface area contributed by atoms with Crippen molar-refractivity contribution in [2.24, 2.45) is 5.73 Å². The van der Waals surface area contributed by atoms with E-state index in [2.05, 4.69) is 23.9 Å². The number of piperazine rings is 1. The van der Waals surface area contributed by atoms with E-state index in [-0.39, 0.29) is 0 Å². The van der Waals surface area contributed by atoms with E-state index in [4.69, 9.17) is 10.7 Å². The van der Waals surface area contributed by atoms with Gasteiger partial charge in [0.1, 0.15) is 5.01 Å². The van der Waals surface area contributed by atoms with Crippen molar-refractivity contribution < 1.29 is 0 Å². The van der Waals surface area contributed by atoms with Gasteiger partial charge in [0, 0.05) is 37.0 Å². The molecule has 0 radical (unpaired) electrons. The molecular formula is C13H22N4S. The van der Waals surface area contributed by atoms with Crippen molar-refractivity contribution in [1.29, 1.82) is 0 Å². The average Bonchev–Trinajstić information content (AvgIpc) is 3.12. The lowest BCUT2D eigenvalue weighted by Crippen LogP contribution is -2.44. The zero-order valence-electron chi connectivity index (χ0n) is 11.2. The largest absolute Gasteiger partial charge is 0.326 e. The number of nitrogens with two attached hydrogens (primary N) is 1. The van der Waals surface area contributed by atoms with Gasteiger partial charge < -0.3 is 10.6 Å². The van der Waals surface area contributed by atoms with Crippen LogP contribution in [-0.2, 0) is 6.54 Å². The second-order valence-electron chi connectivity index (χ2n) is 5.60. The molecule has 2 fully saturated rings. The zero-order chi connectivity index (χ0) is 12.7. The quantitative estimate of drug-likeness (QED) is 0.898. The van der Waals surface area contributed by atoms with Crippen LogP contribution in [0.2, 0.25) is 0 Å². The number of aromatic nitrogens is 1.